The van der Waals surface area contributed by atoms with Gasteiger partial charge in [0, 0.05) is 39.0 Å². The lowest BCUT2D eigenvalue weighted by atomic mass is 10.2. The fourth-order valence-electron chi connectivity index (χ4n) is 2.21. The third-order valence-corrected chi connectivity index (χ3v) is 3.23. The molecule has 0 saturated carbocycles. The Kier molecular flexibility index (Phi) is 7.22. The van der Waals surface area contributed by atoms with Crippen LogP contribution in [0.4, 0.5) is 0 Å². The Morgan fingerprint density at radius 1 is 1.43 bits per heavy atom. The molecule has 1 rings (SSSR count). The Labute approximate surface area is 128 Å². The average molecular weight is 295 g/mol. The first-order valence-electron chi connectivity index (χ1n) is 7.43. The standard InChI is InChI=1S/C15H29N5O/c1-11(9-20-14(4)7-12(2)19-20)8-17-15(16-5)18-13(3)10-21-6/h7,11,13H,8-10H2,1-6H3,(H2,16,17,18)/t11-,13+/m0/s1. The number of aliphatic imine (C=N–C) groups is 1. The second-order valence-electron chi connectivity index (χ2n) is 5.67. The molecule has 21 heavy (non-hydrogen) atoms. The Balaban J connectivity index is 2.40. The van der Waals surface area contributed by atoms with Gasteiger partial charge < -0.3 is 15.4 Å². The number of rotatable bonds is 7. The van der Waals surface area contributed by atoms with E-state index in [1.165, 1.54) is 5.69 Å². The molecule has 0 saturated heterocycles. The van der Waals surface area contributed by atoms with Gasteiger partial charge in [-0.1, -0.05) is 6.92 Å². The highest BCUT2D eigenvalue weighted by atomic mass is 16.5. The maximum Gasteiger partial charge on any atom is 0.191 e. The number of methoxy groups -OCH3 is 1. The fraction of sp³-hybridized carbons (Fsp3) is 0.733. The van der Waals surface area contributed by atoms with E-state index in [9.17, 15) is 0 Å². The highest BCUT2D eigenvalue weighted by Crippen LogP contribution is 2.05. The molecule has 0 spiro atoms. The highest BCUT2D eigenvalue weighted by molar-refractivity contribution is 5.79. The molecule has 0 aliphatic heterocycles. The van der Waals surface area contributed by atoms with Gasteiger partial charge in [0.2, 0.25) is 0 Å². The van der Waals surface area contributed by atoms with E-state index in [0.29, 0.717) is 12.5 Å². The van der Waals surface area contributed by atoms with Gasteiger partial charge in [-0.15, -0.1) is 0 Å². The van der Waals surface area contributed by atoms with Gasteiger partial charge in [0.1, 0.15) is 0 Å². The molecule has 0 unspecified atom stereocenters. The van der Waals surface area contributed by atoms with Crippen LogP contribution in [0.5, 0.6) is 0 Å². The van der Waals surface area contributed by atoms with Crippen LogP contribution in [0, 0.1) is 19.8 Å². The molecule has 120 valence electrons. The monoisotopic (exact) mass is 295 g/mol. The van der Waals surface area contributed by atoms with Crippen LogP contribution >= 0.6 is 0 Å². The SMILES string of the molecule is CN=C(NC[C@H](C)Cn1nc(C)cc1C)N[C@H](C)COC. The van der Waals surface area contributed by atoms with Crippen molar-refractivity contribution in [3.8, 4) is 0 Å². The first-order valence-corrected chi connectivity index (χ1v) is 7.43. The molecule has 1 heterocycles. The van der Waals surface area contributed by atoms with E-state index in [1.807, 2.05) is 6.92 Å². The molecule has 0 aliphatic rings. The van der Waals surface area contributed by atoms with Crippen molar-refractivity contribution >= 4 is 5.96 Å². The van der Waals surface area contributed by atoms with Crippen LogP contribution in [0.3, 0.4) is 0 Å². The van der Waals surface area contributed by atoms with Crippen molar-refractivity contribution in [2.24, 2.45) is 10.9 Å². The van der Waals surface area contributed by atoms with Crippen LogP contribution in [0.15, 0.2) is 11.1 Å². The molecule has 0 radical (unpaired) electrons. The molecule has 0 bridgehead atoms. The van der Waals surface area contributed by atoms with Crippen molar-refractivity contribution < 1.29 is 4.74 Å². The number of hydrogen-bond donors (Lipinski definition) is 2. The molecular formula is C15H29N5O. The molecule has 2 atom stereocenters. The van der Waals surface area contributed by atoms with Gasteiger partial charge in [-0.2, -0.15) is 5.10 Å². The van der Waals surface area contributed by atoms with E-state index in [-0.39, 0.29) is 6.04 Å². The summed E-state index contributed by atoms with van der Waals surface area (Å²) in [6, 6.07) is 2.33. The molecule has 6 nitrogen and oxygen atoms in total. The highest BCUT2D eigenvalue weighted by Gasteiger charge is 2.09. The zero-order valence-electron chi connectivity index (χ0n) is 14.1. The Bertz CT molecular complexity index is 455. The Morgan fingerprint density at radius 2 is 2.14 bits per heavy atom. The Hall–Kier alpha value is -1.56. The molecule has 0 aliphatic carbocycles. The average Bonchev–Trinajstić information content (AvgIpc) is 2.73. The summed E-state index contributed by atoms with van der Waals surface area (Å²) in [7, 11) is 3.48. The lowest BCUT2D eigenvalue weighted by molar-refractivity contribution is 0.179. The third-order valence-electron chi connectivity index (χ3n) is 3.23. The minimum absolute atomic E-state index is 0.229. The first kappa shape index (κ1) is 17.5. The van der Waals surface area contributed by atoms with Crippen molar-refractivity contribution in [3.63, 3.8) is 0 Å². The number of aryl methyl sites for hydroxylation is 2. The van der Waals surface area contributed by atoms with E-state index in [2.05, 4.69) is 52.2 Å². The first-order chi connectivity index (χ1) is 9.96. The van der Waals surface area contributed by atoms with Crippen molar-refractivity contribution in [2.75, 3.05) is 27.3 Å². The van der Waals surface area contributed by atoms with E-state index in [4.69, 9.17) is 4.74 Å². The minimum atomic E-state index is 0.229. The molecule has 2 N–H and O–H groups in total. The predicted molar refractivity (Wildman–Crippen MR) is 86.7 cm³/mol. The number of nitrogens with one attached hydrogen (secondary N) is 2. The number of guanidine groups is 1. The Morgan fingerprint density at radius 3 is 2.67 bits per heavy atom. The minimum Gasteiger partial charge on any atom is -0.383 e. The number of hydrogen-bond acceptors (Lipinski definition) is 3. The van der Waals surface area contributed by atoms with Crippen molar-refractivity contribution in [1.29, 1.82) is 0 Å². The summed E-state index contributed by atoms with van der Waals surface area (Å²) in [5.41, 5.74) is 2.27. The number of aromatic nitrogens is 2. The van der Waals surface area contributed by atoms with Crippen molar-refractivity contribution in [1.82, 2.24) is 20.4 Å². The largest absolute Gasteiger partial charge is 0.383 e. The van der Waals surface area contributed by atoms with E-state index < -0.39 is 0 Å². The molecule has 0 amide bonds. The quantitative estimate of drug-likeness (QED) is 0.588. The van der Waals surface area contributed by atoms with E-state index >= 15 is 0 Å². The van der Waals surface area contributed by atoms with Crippen LogP contribution < -0.4 is 10.6 Å². The molecule has 6 heteroatoms. The van der Waals surface area contributed by atoms with Gasteiger partial charge in [-0.25, -0.2) is 0 Å². The lowest BCUT2D eigenvalue weighted by Gasteiger charge is -2.19. The fourth-order valence-corrected chi connectivity index (χ4v) is 2.21. The molecule has 1 aromatic heterocycles. The lowest BCUT2D eigenvalue weighted by Crippen LogP contribution is -2.45. The van der Waals surface area contributed by atoms with Crippen LogP contribution in [-0.4, -0.2) is 49.1 Å². The van der Waals surface area contributed by atoms with Gasteiger partial charge in [-0.05, 0) is 32.8 Å². The maximum absolute atomic E-state index is 5.11. The normalized spacial score (nSPS) is 14.9. The van der Waals surface area contributed by atoms with Crippen molar-refractivity contribution in [3.05, 3.63) is 17.5 Å². The second-order valence-corrected chi connectivity index (χ2v) is 5.67. The summed E-state index contributed by atoms with van der Waals surface area (Å²) >= 11 is 0. The summed E-state index contributed by atoms with van der Waals surface area (Å²) < 4.78 is 7.17. The van der Waals surface area contributed by atoms with Gasteiger partial charge in [-0.3, -0.25) is 9.67 Å². The summed E-state index contributed by atoms with van der Waals surface area (Å²) in [6.45, 7) is 10.8. The molecule has 0 fully saturated rings. The van der Waals surface area contributed by atoms with Crippen LogP contribution in [0.2, 0.25) is 0 Å². The van der Waals surface area contributed by atoms with Crippen LogP contribution in [0.1, 0.15) is 25.2 Å². The van der Waals surface area contributed by atoms with Gasteiger partial charge in [0.15, 0.2) is 5.96 Å². The smallest absolute Gasteiger partial charge is 0.191 e. The van der Waals surface area contributed by atoms with Gasteiger partial charge in [0.05, 0.1) is 12.3 Å². The van der Waals surface area contributed by atoms with Crippen molar-refractivity contribution in [2.45, 2.75) is 40.3 Å². The maximum atomic E-state index is 5.11. The molecule has 1 aromatic rings. The zero-order chi connectivity index (χ0) is 15.8. The summed E-state index contributed by atoms with van der Waals surface area (Å²) in [5, 5.41) is 11.1. The van der Waals surface area contributed by atoms with Gasteiger partial charge in [0.25, 0.3) is 0 Å². The third kappa shape index (κ3) is 6.16. The number of nitrogens with zero attached hydrogens (tertiary/aromatic N) is 3. The second kappa shape index (κ2) is 8.67. The van der Waals surface area contributed by atoms with Crippen LogP contribution in [-0.2, 0) is 11.3 Å². The van der Waals surface area contributed by atoms with Crippen LogP contribution in [0.25, 0.3) is 0 Å². The zero-order valence-corrected chi connectivity index (χ0v) is 14.1. The predicted octanol–water partition coefficient (Wildman–Crippen LogP) is 1.34. The summed E-state index contributed by atoms with van der Waals surface area (Å²) in [5.74, 6) is 1.26. The van der Waals surface area contributed by atoms with E-state index in [0.717, 1.165) is 24.7 Å². The van der Waals surface area contributed by atoms with Gasteiger partial charge >= 0.3 is 0 Å². The summed E-state index contributed by atoms with van der Waals surface area (Å²) in [4.78, 5) is 4.23. The number of ether oxygens (including phenoxy) is 1. The molecular weight excluding hydrogens is 266 g/mol. The topological polar surface area (TPSA) is 63.5 Å². The molecule has 0 aromatic carbocycles. The summed E-state index contributed by atoms with van der Waals surface area (Å²) in [6.07, 6.45) is 0. The van der Waals surface area contributed by atoms with E-state index in [1.54, 1.807) is 14.2 Å².